The molecule has 316 valence electrons. The predicted molar refractivity (Wildman–Crippen MR) is 225 cm³/mol. The molecule has 0 spiro atoms. The molecule has 0 aromatic rings. The molecule has 0 radical (unpaired) electrons. The third kappa shape index (κ3) is 14.2. The van der Waals surface area contributed by atoms with Crippen LogP contribution in [0.5, 0.6) is 0 Å². The van der Waals surface area contributed by atoms with Crippen molar-refractivity contribution >= 4 is 7.82 Å². The molecule has 0 aliphatic heterocycles. The summed E-state index contributed by atoms with van der Waals surface area (Å²) in [5.41, 5.74) is 2.78. The van der Waals surface area contributed by atoms with Crippen LogP contribution in [-0.2, 0) is 18.3 Å². The number of fused-ring (bicyclic) bond motifs is 5. The maximum atomic E-state index is 11.8. The fourth-order valence-corrected chi connectivity index (χ4v) is 12.6. The molecule has 54 heavy (non-hydrogen) atoms. The van der Waals surface area contributed by atoms with Crippen LogP contribution in [0.3, 0.4) is 0 Å². The van der Waals surface area contributed by atoms with Gasteiger partial charge in [-0.2, -0.15) is 0 Å². The number of rotatable bonds is 27. The summed E-state index contributed by atoms with van der Waals surface area (Å²) >= 11 is 0. The van der Waals surface area contributed by atoms with Crippen LogP contribution >= 0.6 is 7.82 Å². The minimum atomic E-state index is -4.16. The molecule has 4 aliphatic carbocycles. The van der Waals surface area contributed by atoms with Crippen molar-refractivity contribution < 1.29 is 27.7 Å². The zero-order valence-electron chi connectivity index (χ0n) is 36.9. The molecule has 4 rings (SSSR count). The highest BCUT2D eigenvalue weighted by Crippen LogP contribution is 2.67. The first-order chi connectivity index (χ1) is 25.6. The lowest BCUT2D eigenvalue weighted by Crippen LogP contribution is -2.51. The van der Waals surface area contributed by atoms with Crippen LogP contribution in [0.2, 0.25) is 0 Å². The lowest BCUT2D eigenvalue weighted by atomic mass is 9.47. The minimum absolute atomic E-state index is 0.164. The largest absolute Gasteiger partial charge is 0.756 e. The molecule has 9 atom stereocenters. The van der Waals surface area contributed by atoms with Gasteiger partial charge in [-0.15, -0.1) is 0 Å². The molecule has 0 N–H and O–H groups in total. The summed E-state index contributed by atoms with van der Waals surface area (Å²) in [6.45, 7) is 14.7. The van der Waals surface area contributed by atoms with Crippen LogP contribution in [0.15, 0.2) is 11.6 Å². The number of phosphoric acid groups is 1. The molecule has 0 heterocycles. The van der Waals surface area contributed by atoms with E-state index < -0.39 is 7.82 Å². The van der Waals surface area contributed by atoms with Gasteiger partial charge in [-0.25, -0.2) is 0 Å². The number of ether oxygens (including phenoxy) is 1. The highest BCUT2D eigenvalue weighted by Gasteiger charge is 2.59. The van der Waals surface area contributed by atoms with E-state index in [1.165, 1.54) is 135 Å². The second-order valence-electron chi connectivity index (χ2n) is 20.7. The van der Waals surface area contributed by atoms with Crippen molar-refractivity contribution in [2.24, 2.45) is 46.3 Å². The van der Waals surface area contributed by atoms with Crippen molar-refractivity contribution in [1.29, 1.82) is 0 Å². The number of nitrogens with zero attached hydrogens (tertiary/aromatic N) is 1. The molecule has 7 heteroatoms. The quantitative estimate of drug-likeness (QED) is 0.0360. The molecular weight excluding hydrogens is 689 g/mol. The van der Waals surface area contributed by atoms with Crippen molar-refractivity contribution in [1.82, 2.24) is 0 Å². The summed E-state index contributed by atoms with van der Waals surface area (Å²) in [5, 5.41) is 0. The van der Waals surface area contributed by atoms with Crippen LogP contribution in [0.4, 0.5) is 0 Å². The Labute approximate surface area is 334 Å². The van der Waals surface area contributed by atoms with Crippen molar-refractivity contribution in [3.63, 3.8) is 0 Å². The second kappa shape index (κ2) is 22.2. The average Bonchev–Trinajstić information content (AvgIpc) is 3.46. The lowest BCUT2D eigenvalue weighted by Gasteiger charge is -2.58. The smallest absolute Gasteiger partial charge is 0.268 e. The van der Waals surface area contributed by atoms with E-state index >= 15 is 0 Å². The first kappa shape index (κ1) is 46.5. The number of likely N-dealkylation sites (N-methyl/N-ethyl adjacent to an activating group) is 1. The van der Waals surface area contributed by atoms with Crippen molar-refractivity contribution in [3.05, 3.63) is 11.6 Å². The third-order valence-electron chi connectivity index (χ3n) is 15.2. The van der Waals surface area contributed by atoms with E-state index in [1.54, 1.807) is 5.57 Å². The molecule has 0 saturated heterocycles. The van der Waals surface area contributed by atoms with Gasteiger partial charge in [-0.05, 0) is 111 Å². The summed E-state index contributed by atoms with van der Waals surface area (Å²) in [5.74, 6) is 5.46. The summed E-state index contributed by atoms with van der Waals surface area (Å²) < 4.78 is 29.0. The van der Waals surface area contributed by atoms with Crippen molar-refractivity contribution in [2.75, 3.05) is 47.5 Å². The number of quaternary nitrogens is 1. The van der Waals surface area contributed by atoms with Gasteiger partial charge in [0.1, 0.15) is 13.2 Å². The van der Waals surface area contributed by atoms with Crippen LogP contribution in [0.25, 0.3) is 0 Å². The summed E-state index contributed by atoms with van der Waals surface area (Å²) in [6, 6.07) is 0. The topological polar surface area (TPSA) is 67.8 Å². The normalized spacial score (nSPS) is 31.4. The average molecular weight is 778 g/mol. The van der Waals surface area contributed by atoms with E-state index in [0.717, 1.165) is 61.4 Å². The molecule has 1 unspecified atom stereocenters. The van der Waals surface area contributed by atoms with E-state index in [9.17, 15) is 9.46 Å². The Kier molecular flexibility index (Phi) is 19.1. The van der Waals surface area contributed by atoms with Crippen LogP contribution in [0, 0.1) is 46.3 Å². The first-order valence-electron chi connectivity index (χ1n) is 23.4. The van der Waals surface area contributed by atoms with Crippen LogP contribution in [0.1, 0.15) is 189 Å². The van der Waals surface area contributed by atoms with Gasteiger partial charge < -0.3 is 23.2 Å². The lowest BCUT2D eigenvalue weighted by molar-refractivity contribution is -0.870. The summed E-state index contributed by atoms with van der Waals surface area (Å²) in [6.07, 6.45) is 34.6. The Morgan fingerprint density at radius 3 is 1.94 bits per heavy atom. The summed E-state index contributed by atoms with van der Waals surface area (Å²) in [7, 11) is 1.85. The molecule has 0 amide bonds. The maximum Gasteiger partial charge on any atom is 0.268 e. The third-order valence-corrected chi connectivity index (χ3v) is 16.2. The Bertz CT molecular complexity index is 1150. The molecule has 4 aliphatic rings. The van der Waals surface area contributed by atoms with Gasteiger partial charge in [0.2, 0.25) is 0 Å². The van der Waals surface area contributed by atoms with Crippen LogP contribution in [-0.4, -0.2) is 58.1 Å². The number of phosphoric ester groups is 1. The van der Waals surface area contributed by atoms with Gasteiger partial charge in [0, 0.05) is 6.61 Å². The molecule has 0 aromatic carbocycles. The van der Waals surface area contributed by atoms with E-state index in [4.69, 9.17) is 13.8 Å². The zero-order chi connectivity index (χ0) is 39.2. The Balaban J connectivity index is 0.987. The second-order valence-corrected chi connectivity index (χ2v) is 22.2. The molecule has 6 nitrogen and oxygen atoms in total. The van der Waals surface area contributed by atoms with Gasteiger partial charge in [0.25, 0.3) is 7.82 Å². The molecule has 3 fully saturated rings. The van der Waals surface area contributed by atoms with E-state index in [0.29, 0.717) is 28.0 Å². The van der Waals surface area contributed by atoms with E-state index in [-0.39, 0.29) is 13.2 Å². The fraction of sp³-hybridized carbons (Fsp3) is 0.957. The van der Waals surface area contributed by atoms with Crippen molar-refractivity contribution in [2.45, 2.75) is 195 Å². The highest BCUT2D eigenvalue weighted by atomic mass is 31.2. The van der Waals surface area contributed by atoms with Gasteiger partial charge in [0.05, 0.1) is 33.9 Å². The number of unbranched alkanes of at least 4 members (excludes halogenated alkanes) is 12. The van der Waals surface area contributed by atoms with Gasteiger partial charge in [0.15, 0.2) is 0 Å². The Morgan fingerprint density at radius 2 is 1.33 bits per heavy atom. The predicted octanol–water partition coefficient (Wildman–Crippen LogP) is 12.7. The number of hydrogen-bond acceptors (Lipinski definition) is 5. The first-order valence-corrected chi connectivity index (χ1v) is 24.8. The van der Waals surface area contributed by atoms with E-state index in [2.05, 4.69) is 40.7 Å². The maximum absolute atomic E-state index is 11.8. The summed E-state index contributed by atoms with van der Waals surface area (Å²) in [4.78, 5) is 11.8. The van der Waals surface area contributed by atoms with E-state index in [1.807, 2.05) is 21.1 Å². The minimum Gasteiger partial charge on any atom is -0.756 e. The number of hydrogen-bond donors (Lipinski definition) is 0. The highest BCUT2D eigenvalue weighted by molar-refractivity contribution is 7.45. The fourth-order valence-electron chi connectivity index (χ4n) is 11.8. The molecule has 3 saturated carbocycles. The van der Waals surface area contributed by atoms with Gasteiger partial charge in [-0.1, -0.05) is 136 Å². The van der Waals surface area contributed by atoms with Gasteiger partial charge in [-0.3, -0.25) is 4.57 Å². The molecular formula is C47H88NO5P. The monoisotopic (exact) mass is 778 g/mol. The van der Waals surface area contributed by atoms with Crippen molar-refractivity contribution in [3.8, 4) is 0 Å². The molecule has 0 aromatic heterocycles. The molecule has 0 bridgehead atoms. The number of allylic oxidation sites excluding steroid dienone is 1. The van der Waals surface area contributed by atoms with Gasteiger partial charge >= 0.3 is 0 Å². The SMILES string of the molecule is CC(C)CCC[C@@H](C)[C@H]1CC[C@H]2[C@@H]3CC=C4C[C@@H](OCCCCCCCCCCCCCCCOP(=O)([O-])OCC[N+](C)(C)C)CC[C@]4(C)[C@H]3CC[C@]12C. The Morgan fingerprint density at radius 1 is 0.741 bits per heavy atom. The standard InChI is InChI=1S/C47H88NO5P/c1-38(2)23-22-24-39(3)43-27-28-44-42-26-25-40-37-41(29-31-46(40,4)45(42)30-32-47(43,44)5)51-34-20-18-16-14-12-10-9-11-13-15-17-19-21-35-52-54(49,50)53-36-33-48(6,7)8/h25,38-39,41-45H,9-24,26-37H2,1-8H3/t39-,41+,42+,43-,44+,45+,46+,47-/m1/s1. The zero-order valence-corrected chi connectivity index (χ0v) is 37.7. The van der Waals surface area contributed by atoms with Crippen LogP contribution < -0.4 is 4.89 Å². The Hall–Kier alpha value is -0.230.